The number of aliphatic hydroxyl groups is 1. The van der Waals surface area contributed by atoms with Gasteiger partial charge in [0.2, 0.25) is 0 Å². The van der Waals surface area contributed by atoms with Crippen LogP contribution < -0.4 is 10.5 Å². The zero-order valence-electron chi connectivity index (χ0n) is 10.0. The Hall–Kier alpha value is -0.770. The number of ether oxygens (including phenoxy) is 1. The van der Waals surface area contributed by atoms with E-state index in [9.17, 15) is 5.11 Å². The summed E-state index contributed by atoms with van der Waals surface area (Å²) in [5.41, 5.74) is 6.99. The molecular formula is C13H20ClNO2. The highest BCUT2D eigenvalue weighted by molar-refractivity contribution is 5.85. The zero-order valence-corrected chi connectivity index (χ0v) is 10.8. The number of hydrogen-bond acceptors (Lipinski definition) is 3. The van der Waals surface area contributed by atoms with E-state index in [2.05, 4.69) is 0 Å². The standard InChI is InChI=1S/C13H19NO2.ClH/c1-16-11-8-3-2-7-10(11)12(14)13(15)9-5-4-6-9;/h2-3,7-9,12-13,15H,4-6,14H2,1H3;1H/t12-,13+;/m0./s1. The lowest BCUT2D eigenvalue weighted by Gasteiger charge is -2.34. The monoisotopic (exact) mass is 257 g/mol. The maximum atomic E-state index is 10.1. The lowest BCUT2D eigenvalue weighted by molar-refractivity contribution is 0.0407. The van der Waals surface area contributed by atoms with Crippen LogP contribution in [0.25, 0.3) is 0 Å². The predicted molar refractivity (Wildman–Crippen MR) is 70.5 cm³/mol. The summed E-state index contributed by atoms with van der Waals surface area (Å²) < 4.78 is 5.26. The Bertz CT molecular complexity index is 355. The zero-order chi connectivity index (χ0) is 11.5. The number of nitrogens with two attached hydrogens (primary N) is 1. The average Bonchev–Trinajstić information content (AvgIpc) is 2.25. The first-order valence-electron chi connectivity index (χ1n) is 5.80. The molecular weight excluding hydrogens is 238 g/mol. The molecule has 1 aromatic rings. The van der Waals surface area contributed by atoms with Gasteiger partial charge in [-0.2, -0.15) is 0 Å². The molecule has 1 saturated carbocycles. The van der Waals surface area contributed by atoms with E-state index in [0.29, 0.717) is 5.92 Å². The Kier molecular flexibility index (Phi) is 5.25. The maximum absolute atomic E-state index is 10.1. The largest absolute Gasteiger partial charge is 0.496 e. The Morgan fingerprint density at radius 1 is 1.35 bits per heavy atom. The third-order valence-corrected chi connectivity index (χ3v) is 3.50. The second-order valence-electron chi connectivity index (χ2n) is 4.45. The van der Waals surface area contributed by atoms with Crippen LogP contribution in [0.4, 0.5) is 0 Å². The van der Waals surface area contributed by atoms with Gasteiger partial charge in [-0.05, 0) is 24.8 Å². The molecule has 0 amide bonds. The number of hydrogen-bond donors (Lipinski definition) is 2. The van der Waals surface area contributed by atoms with Crippen molar-refractivity contribution in [2.45, 2.75) is 31.4 Å². The van der Waals surface area contributed by atoms with Crippen molar-refractivity contribution in [2.75, 3.05) is 7.11 Å². The molecule has 1 aromatic carbocycles. The van der Waals surface area contributed by atoms with Crippen molar-refractivity contribution in [1.82, 2.24) is 0 Å². The molecule has 17 heavy (non-hydrogen) atoms. The summed E-state index contributed by atoms with van der Waals surface area (Å²) in [5.74, 6) is 1.12. The molecule has 0 heterocycles. The molecule has 3 nitrogen and oxygen atoms in total. The molecule has 2 rings (SSSR count). The van der Waals surface area contributed by atoms with Crippen molar-refractivity contribution in [2.24, 2.45) is 11.7 Å². The van der Waals surface area contributed by atoms with Crippen molar-refractivity contribution < 1.29 is 9.84 Å². The fourth-order valence-corrected chi connectivity index (χ4v) is 2.20. The van der Waals surface area contributed by atoms with Gasteiger partial charge in [0, 0.05) is 5.56 Å². The number of benzene rings is 1. The van der Waals surface area contributed by atoms with Gasteiger partial charge >= 0.3 is 0 Å². The average molecular weight is 258 g/mol. The van der Waals surface area contributed by atoms with Gasteiger partial charge in [0.15, 0.2) is 0 Å². The van der Waals surface area contributed by atoms with E-state index in [1.165, 1.54) is 6.42 Å². The Morgan fingerprint density at radius 3 is 2.53 bits per heavy atom. The summed E-state index contributed by atoms with van der Waals surface area (Å²) in [4.78, 5) is 0. The minimum absolute atomic E-state index is 0. The van der Waals surface area contributed by atoms with Crippen LogP contribution in [0, 0.1) is 5.92 Å². The van der Waals surface area contributed by atoms with E-state index in [1.807, 2.05) is 24.3 Å². The summed E-state index contributed by atoms with van der Waals surface area (Å²) in [7, 11) is 1.63. The minimum atomic E-state index is -0.454. The minimum Gasteiger partial charge on any atom is -0.496 e. The van der Waals surface area contributed by atoms with Gasteiger partial charge in [-0.15, -0.1) is 12.4 Å². The molecule has 4 heteroatoms. The molecule has 2 atom stereocenters. The van der Waals surface area contributed by atoms with Crippen molar-refractivity contribution >= 4 is 12.4 Å². The van der Waals surface area contributed by atoms with E-state index in [4.69, 9.17) is 10.5 Å². The summed E-state index contributed by atoms with van der Waals surface area (Å²) in [6.45, 7) is 0. The van der Waals surface area contributed by atoms with Crippen LogP contribution in [0.1, 0.15) is 30.9 Å². The van der Waals surface area contributed by atoms with Crippen LogP contribution in [0.3, 0.4) is 0 Å². The van der Waals surface area contributed by atoms with E-state index >= 15 is 0 Å². The fourth-order valence-electron chi connectivity index (χ4n) is 2.20. The first-order valence-corrected chi connectivity index (χ1v) is 5.80. The van der Waals surface area contributed by atoms with Gasteiger partial charge in [0.1, 0.15) is 5.75 Å². The second-order valence-corrected chi connectivity index (χ2v) is 4.45. The molecule has 1 fully saturated rings. The van der Waals surface area contributed by atoms with Crippen molar-refractivity contribution in [3.8, 4) is 5.75 Å². The third kappa shape index (κ3) is 2.92. The number of rotatable bonds is 4. The molecule has 0 bridgehead atoms. The number of methoxy groups -OCH3 is 1. The first-order chi connectivity index (χ1) is 7.74. The quantitative estimate of drug-likeness (QED) is 0.870. The van der Waals surface area contributed by atoms with Crippen LogP contribution in [-0.4, -0.2) is 18.3 Å². The summed E-state index contributed by atoms with van der Waals surface area (Å²) >= 11 is 0. The van der Waals surface area contributed by atoms with Gasteiger partial charge in [-0.3, -0.25) is 0 Å². The SMILES string of the molecule is COc1ccccc1[C@H](N)[C@H](O)C1CCC1.Cl. The Balaban J connectivity index is 0.00000144. The smallest absolute Gasteiger partial charge is 0.123 e. The molecule has 0 saturated heterocycles. The van der Waals surface area contributed by atoms with Gasteiger partial charge in [0.25, 0.3) is 0 Å². The predicted octanol–water partition coefficient (Wildman–Crippen LogP) is 2.28. The summed E-state index contributed by atoms with van der Waals surface area (Å²) in [5, 5.41) is 10.1. The number of halogens is 1. The highest BCUT2D eigenvalue weighted by atomic mass is 35.5. The number of aliphatic hydroxyl groups excluding tert-OH is 1. The Labute approximate surface area is 108 Å². The van der Waals surface area contributed by atoms with Crippen molar-refractivity contribution in [1.29, 1.82) is 0 Å². The van der Waals surface area contributed by atoms with Crippen molar-refractivity contribution in [3.63, 3.8) is 0 Å². The topological polar surface area (TPSA) is 55.5 Å². The van der Waals surface area contributed by atoms with Crippen LogP contribution in [0.5, 0.6) is 5.75 Å². The normalized spacial score (nSPS) is 18.8. The van der Waals surface area contributed by atoms with Gasteiger partial charge in [-0.25, -0.2) is 0 Å². The fraction of sp³-hybridized carbons (Fsp3) is 0.538. The molecule has 0 aromatic heterocycles. The lowest BCUT2D eigenvalue weighted by Crippen LogP contribution is -2.36. The summed E-state index contributed by atoms with van der Waals surface area (Å²) in [6, 6.07) is 7.28. The van der Waals surface area contributed by atoms with Crippen LogP contribution in [-0.2, 0) is 0 Å². The summed E-state index contributed by atoms with van der Waals surface area (Å²) in [6.07, 6.45) is 2.93. The highest BCUT2D eigenvalue weighted by Crippen LogP contribution is 2.36. The van der Waals surface area contributed by atoms with Gasteiger partial charge in [0.05, 0.1) is 19.3 Å². The van der Waals surface area contributed by atoms with Crippen LogP contribution in [0.15, 0.2) is 24.3 Å². The van der Waals surface area contributed by atoms with Crippen LogP contribution >= 0.6 is 12.4 Å². The highest BCUT2D eigenvalue weighted by Gasteiger charge is 2.31. The molecule has 0 unspecified atom stereocenters. The Morgan fingerprint density at radius 2 is 2.00 bits per heavy atom. The maximum Gasteiger partial charge on any atom is 0.123 e. The van der Waals surface area contributed by atoms with E-state index in [1.54, 1.807) is 7.11 Å². The first kappa shape index (κ1) is 14.3. The molecule has 0 spiro atoms. The van der Waals surface area contributed by atoms with Crippen LogP contribution in [0.2, 0.25) is 0 Å². The lowest BCUT2D eigenvalue weighted by atomic mass is 9.77. The molecule has 0 aliphatic heterocycles. The van der Waals surface area contributed by atoms with E-state index in [0.717, 1.165) is 24.2 Å². The second kappa shape index (κ2) is 6.24. The molecule has 0 radical (unpaired) electrons. The molecule has 1 aliphatic carbocycles. The molecule has 1 aliphatic rings. The van der Waals surface area contributed by atoms with Crippen molar-refractivity contribution in [3.05, 3.63) is 29.8 Å². The van der Waals surface area contributed by atoms with E-state index in [-0.39, 0.29) is 18.4 Å². The van der Waals surface area contributed by atoms with Gasteiger partial charge < -0.3 is 15.6 Å². The number of para-hydroxylation sites is 1. The third-order valence-electron chi connectivity index (χ3n) is 3.50. The van der Waals surface area contributed by atoms with E-state index < -0.39 is 6.10 Å². The molecule has 96 valence electrons. The van der Waals surface area contributed by atoms with Gasteiger partial charge in [-0.1, -0.05) is 24.6 Å². The molecule has 3 N–H and O–H groups in total.